The van der Waals surface area contributed by atoms with Gasteiger partial charge in [-0.05, 0) is 69.7 Å². The number of carbonyl (C=O) groups is 1. The summed E-state index contributed by atoms with van der Waals surface area (Å²) in [7, 11) is 1.53. The first-order valence-corrected chi connectivity index (χ1v) is 11.6. The van der Waals surface area contributed by atoms with E-state index < -0.39 is 0 Å². The quantitative estimate of drug-likeness (QED) is 0.316. The summed E-state index contributed by atoms with van der Waals surface area (Å²) < 4.78 is 25.8. The zero-order chi connectivity index (χ0) is 23.8. The number of anilines is 1. The Bertz CT molecular complexity index is 1140. The van der Waals surface area contributed by atoms with Crippen molar-refractivity contribution in [3.05, 3.63) is 93.2 Å². The number of methoxy groups -OCH3 is 1. The number of ether oxygens (including phenoxy) is 2. The van der Waals surface area contributed by atoms with E-state index in [2.05, 4.69) is 35.1 Å². The van der Waals surface area contributed by atoms with Gasteiger partial charge in [0.2, 0.25) is 5.91 Å². The minimum atomic E-state index is -0.325. The molecule has 0 aliphatic carbocycles. The second-order valence-corrected chi connectivity index (χ2v) is 8.25. The minimum Gasteiger partial charge on any atom is -0.493 e. The normalized spacial score (nSPS) is 10.9. The maximum absolute atomic E-state index is 13.9. The number of amides is 1. The van der Waals surface area contributed by atoms with Crippen molar-refractivity contribution < 1.29 is 18.7 Å². The first kappa shape index (κ1) is 24.5. The Balaban J connectivity index is 1.76. The van der Waals surface area contributed by atoms with E-state index in [-0.39, 0.29) is 18.3 Å². The van der Waals surface area contributed by atoms with Crippen LogP contribution in [0, 0.1) is 5.82 Å². The molecule has 1 amide bonds. The molecule has 6 heteroatoms. The van der Waals surface area contributed by atoms with Gasteiger partial charge in [0.15, 0.2) is 11.5 Å². The summed E-state index contributed by atoms with van der Waals surface area (Å²) >= 11 is 3.50. The zero-order valence-corrected chi connectivity index (χ0v) is 20.5. The first-order valence-electron chi connectivity index (χ1n) is 10.8. The minimum absolute atomic E-state index is 0.0653. The monoisotopic (exact) mass is 511 g/mol. The second-order valence-electron chi connectivity index (χ2n) is 7.40. The molecule has 0 radical (unpaired) electrons. The van der Waals surface area contributed by atoms with Gasteiger partial charge in [0, 0.05) is 17.3 Å². The van der Waals surface area contributed by atoms with Crippen LogP contribution in [0.1, 0.15) is 36.1 Å². The van der Waals surface area contributed by atoms with Crippen LogP contribution in [0.5, 0.6) is 11.5 Å². The molecule has 3 rings (SSSR count). The molecular formula is C27H27BrFNO3. The van der Waals surface area contributed by atoms with Crippen LogP contribution in [-0.2, 0) is 24.2 Å². The van der Waals surface area contributed by atoms with Crippen LogP contribution in [0.2, 0.25) is 0 Å². The highest BCUT2D eigenvalue weighted by Crippen LogP contribution is 2.37. The van der Waals surface area contributed by atoms with E-state index in [1.165, 1.54) is 19.3 Å². The highest BCUT2D eigenvalue weighted by atomic mass is 79.9. The van der Waals surface area contributed by atoms with E-state index >= 15 is 0 Å². The molecule has 1 N–H and O–H groups in total. The molecule has 0 heterocycles. The summed E-state index contributed by atoms with van der Waals surface area (Å²) in [6.45, 7) is 4.20. The molecule has 0 aliphatic heterocycles. The van der Waals surface area contributed by atoms with Crippen molar-refractivity contribution in [3.8, 4) is 11.5 Å². The van der Waals surface area contributed by atoms with E-state index in [0.717, 1.165) is 35.2 Å². The number of halogens is 2. The third-order valence-electron chi connectivity index (χ3n) is 5.26. The molecule has 0 aliphatic rings. The van der Waals surface area contributed by atoms with E-state index in [4.69, 9.17) is 9.47 Å². The summed E-state index contributed by atoms with van der Waals surface area (Å²) in [6, 6.07) is 16.1. The molecule has 4 nitrogen and oxygen atoms in total. The fourth-order valence-electron chi connectivity index (χ4n) is 3.48. The molecule has 0 spiro atoms. The Morgan fingerprint density at radius 2 is 1.70 bits per heavy atom. The lowest BCUT2D eigenvalue weighted by Gasteiger charge is -2.14. The number of carbonyl (C=O) groups excluding carboxylic acids is 1. The smallest absolute Gasteiger partial charge is 0.248 e. The number of benzene rings is 3. The molecule has 172 valence electrons. The number of hydrogen-bond donors (Lipinski definition) is 1. The Morgan fingerprint density at radius 3 is 2.33 bits per heavy atom. The maximum Gasteiger partial charge on any atom is 0.248 e. The molecule has 0 unspecified atom stereocenters. The topological polar surface area (TPSA) is 47.6 Å². The van der Waals surface area contributed by atoms with Crippen molar-refractivity contribution in [1.82, 2.24) is 0 Å². The van der Waals surface area contributed by atoms with Crippen molar-refractivity contribution in [3.63, 3.8) is 0 Å². The lowest BCUT2D eigenvalue weighted by Crippen LogP contribution is -2.11. The van der Waals surface area contributed by atoms with Crippen LogP contribution < -0.4 is 14.8 Å². The van der Waals surface area contributed by atoms with Crippen LogP contribution >= 0.6 is 15.9 Å². The standard InChI is InChI=1S/C27H27BrFNO3/c1-4-19-10-8-11-20(5-2)26(19)30-25(31)14-13-18-15-22(28)27(24(16-18)32-3)33-17-21-9-6-7-12-23(21)29/h6-16H,4-5,17H2,1-3H3,(H,30,31)/b14-13+. The molecular weight excluding hydrogens is 485 g/mol. The third kappa shape index (κ3) is 6.23. The first-order chi connectivity index (χ1) is 16.0. The zero-order valence-electron chi connectivity index (χ0n) is 19.0. The van der Waals surface area contributed by atoms with Gasteiger partial charge >= 0.3 is 0 Å². The molecule has 0 aromatic heterocycles. The number of aryl methyl sites for hydroxylation is 2. The maximum atomic E-state index is 13.9. The van der Waals surface area contributed by atoms with Crippen molar-refractivity contribution in [1.29, 1.82) is 0 Å². The van der Waals surface area contributed by atoms with Crippen LogP contribution in [0.4, 0.5) is 10.1 Å². The molecule has 0 bridgehead atoms. The van der Waals surface area contributed by atoms with Gasteiger partial charge in [-0.15, -0.1) is 0 Å². The molecule has 3 aromatic rings. The molecule has 33 heavy (non-hydrogen) atoms. The Kier molecular flexibility index (Phi) is 8.66. The SMILES string of the molecule is CCc1cccc(CC)c1NC(=O)/C=C/c1cc(Br)c(OCc2ccccc2F)c(OC)c1. The van der Waals surface area contributed by atoms with E-state index in [9.17, 15) is 9.18 Å². The van der Waals surface area contributed by atoms with Gasteiger partial charge in [-0.1, -0.05) is 50.2 Å². The van der Waals surface area contributed by atoms with Gasteiger partial charge in [0.25, 0.3) is 0 Å². The highest BCUT2D eigenvalue weighted by Gasteiger charge is 2.13. The lowest BCUT2D eigenvalue weighted by molar-refractivity contribution is -0.111. The summed E-state index contributed by atoms with van der Waals surface area (Å²) in [4.78, 5) is 12.6. The van der Waals surface area contributed by atoms with Gasteiger partial charge < -0.3 is 14.8 Å². The molecule has 0 saturated heterocycles. The van der Waals surface area contributed by atoms with Crippen LogP contribution in [0.3, 0.4) is 0 Å². The van der Waals surface area contributed by atoms with Gasteiger partial charge in [0.05, 0.1) is 11.6 Å². The average Bonchev–Trinajstić information content (AvgIpc) is 2.82. The Morgan fingerprint density at radius 1 is 1.03 bits per heavy atom. The predicted octanol–water partition coefficient (Wildman–Crippen LogP) is 6.95. The van der Waals surface area contributed by atoms with Crippen molar-refractivity contribution in [2.75, 3.05) is 12.4 Å². The fourth-order valence-corrected chi connectivity index (χ4v) is 4.06. The highest BCUT2D eigenvalue weighted by molar-refractivity contribution is 9.10. The summed E-state index contributed by atoms with van der Waals surface area (Å²) in [5.41, 5.74) is 4.30. The summed E-state index contributed by atoms with van der Waals surface area (Å²) in [6.07, 6.45) is 4.88. The van der Waals surface area contributed by atoms with E-state index in [0.29, 0.717) is 21.5 Å². The van der Waals surface area contributed by atoms with Crippen LogP contribution in [0.15, 0.2) is 65.1 Å². The van der Waals surface area contributed by atoms with E-state index in [1.807, 2.05) is 24.3 Å². The number of rotatable bonds is 9. The van der Waals surface area contributed by atoms with Crippen LogP contribution in [0.25, 0.3) is 6.08 Å². The van der Waals surface area contributed by atoms with Gasteiger partial charge in [-0.3, -0.25) is 4.79 Å². The van der Waals surface area contributed by atoms with Gasteiger partial charge in [-0.25, -0.2) is 4.39 Å². The Labute approximate surface area is 202 Å². The lowest BCUT2D eigenvalue weighted by atomic mass is 10.0. The number of hydrogen-bond acceptors (Lipinski definition) is 3. The average molecular weight is 512 g/mol. The summed E-state index contributed by atoms with van der Waals surface area (Å²) in [5, 5.41) is 3.02. The summed E-state index contributed by atoms with van der Waals surface area (Å²) in [5.74, 6) is 0.409. The molecule has 3 aromatic carbocycles. The largest absolute Gasteiger partial charge is 0.493 e. The predicted molar refractivity (Wildman–Crippen MR) is 134 cm³/mol. The third-order valence-corrected chi connectivity index (χ3v) is 5.84. The number of para-hydroxylation sites is 1. The van der Waals surface area contributed by atoms with E-state index in [1.54, 1.807) is 30.3 Å². The van der Waals surface area contributed by atoms with Crippen LogP contribution in [-0.4, -0.2) is 13.0 Å². The number of nitrogens with one attached hydrogen (secondary N) is 1. The second kappa shape index (κ2) is 11.7. The Hall–Kier alpha value is -3.12. The van der Waals surface area contributed by atoms with Crippen molar-refractivity contribution in [2.24, 2.45) is 0 Å². The van der Waals surface area contributed by atoms with Gasteiger partial charge in [0.1, 0.15) is 12.4 Å². The molecule has 0 fully saturated rings. The van der Waals surface area contributed by atoms with Crippen molar-refractivity contribution >= 4 is 33.6 Å². The van der Waals surface area contributed by atoms with Crippen molar-refractivity contribution in [2.45, 2.75) is 33.3 Å². The molecule has 0 atom stereocenters. The molecule has 0 saturated carbocycles. The fraction of sp³-hybridized carbons (Fsp3) is 0.222. The van der Waals surface area contributed by atoms with Gasteiger partial charge in [-0.2, -0.15) is 0 Å².